The van der Waals surface area contributed by atoms with Crippen LogP contribution in [0.2, 0.25) is 0 Å². The van der Waals surface area contributed by atoms with Crippen molar-refractivity contribution in [1.29, 1.82) is 0 Å². The zero-order chi connectivity index (χ0) is 17.4. The van der Waals surface area contributed by atoms with Crippen LogP contribution in [-0.4, -0.2) is 44.0 Å². The van der Waals surface area contributed by atoms with Gasteiger partial charge in [0.1, 0.15) is 5.88 Å². The molecule has 1 aromatic rings. The second-order valence-electron chi connectivity index (χ2n) is 4.66. The third kappa shape index (κ3) is 5.41. The third-order valence-electron chi connectivity index (χ3n) is 3.00. The number of aryl methyl sites for hydroxylation is 1. The molecule has 1 atom stereocenters. The fourth-order valence-electron chi connectivity index (χ4n) is 1.80. The van der Waals surface area contributed by atoms with Crippen LogP contribution in [0.1, 0.15) is 11.1 Å². The fourth-order valence-corrected chi connectivity index (χ4v) is 1.88. The molecule has 0 aliphatic heterocycles. The molecule has 7 heteroatoms. The topological polar surface area (TPSA) is 81.7 Å². The Morgan fingerprint density at radius 3 is 2.26 bits per heavy atom. The van der Waals surface area contributed by atoms with Gasteiger partial charge in [-0.3, -0.25) is 4.79 Å². The fraction of sp³-hybridized carbons (Fsp3) is 0.312. The number of ether oxygens (including phenoxy) is 2. The number of rotatable bonds is 6. The van der Waals surface area contributed by atoms with Crippen molar-refractivity contribution >= 4 is 35.5 Å². The Bertz CT molecular complexity index is 609. The molecule has 23 heavy (non-hydrogen) atoms. The first-order valence-corrected chi connectivity index (χ1v) is 7.26. The number of alkyl halides is 1. The summed E-state index contributed by atoms with van der Waals surface area (Å²) in [5.74, 6) is -2.52. The number of hydrogen-bond acceptors (Lipinski definition) is 5. The first-order chi connectivity index (χ1) is 10.9. The number of halogens is 1. The van der Waals surface area contributed by atoms with E-state index in [1.54, 1.807) is 12.1 Å². The van der Waals surface area contributed by atoms with Gasteiger partial charge in [0, 0.05) is 0 Å². The Kier molecular flexibility index (Phi) is 7.28. The molecular weight excluding hydrogens is 322 g/mol. The SMILES string of the molecule is COC(=O)/C(=C/c1ccc(C)cc1)C(NC(=O)CCl)C(=O)OC. The maximum Gasteiger partial charge on any atom is 0.336 e. The number of esters is 2. The van der Waals surface area contributed by atoms with E-state index in [1.807, 2.05) is 19.1 Å². The molecule has 1 unspecified atom stereocenters. The summed E-state index contributed by atoms with van der Waals surface area (Å²) in [4.78, 5) is 35.5. The molecule has 1 amide bonds. The molecule has 1 aromatic carbocycles. The molecule has 124 valence electrons. The summed E-state index contributed by atoms with van der Waals surface area (Å²) in [7, 11) is 2.34. The van der Waals surface area contributed by atoms with Crippen molar-refractivity contribution in [3.8, 4) is 0 Å². The van der Waals surface area contributed by atoms with Gasteiger partial charge in [0.05, 0.1) is 19.8 Å². The van der Waals surface area contributed by atoms with Crippen LogP contribution in [0, 0.1) is 6.92 Å². The Hall–Kier alpha value is -2.34. The second kappa shape index (κ2) is 8.95. The minimum absolute atomic E-state index is 0.0540. The predicted molar refractivity (Wildman–Crippen MR) is 85.8 cm³/mol. The Morgan fingerprint density at radius 2 is 1.78 bits per heavy atom. The van der Waals surface area contributed by atoms with Gasteiger partial charge in [-0.05, 0) is 18.6 Å². The summed E-state index contributed by atoms with van der Waals surface area (Å²) >= 11 is 5.44. The summed E-state index contributed by atoms with van der Waals surface area (Å²) in [6.07, 6.45) is 1.46. The normalized spacial score (nSPS) is 12.3. The number of nitrogens with one attached hydrogen (secondary N) is 1. The van der Waals surface area contributed by atoms with Crippen LogP contribution in [0.15, 0.2) is 29.8 Å². The first kappa shape index (κ1) is 18.7. The van der Waals surface area contributed by atoms with Crippen molar-refractivity contribution in [2.75, 3.05) is 20.1 Å². The summed E-state index contributed by atoms with van der Waals surface area (Å²) in [6.45, 7) is 1.92. The van der Waals surface area contributed by atoms with E-state index in [4.69, 9.17) is 16.3 Å². The standard InChI is InChI=1S/C16H18ClNO5/c1-10-4-6-11(7-5-10)8-12(15(20)22-2)14(16(21)23-3)18-13(19)9-17/h4-8,14H,9H2,1-3H3,(H,18,19)/b12-8+. The van der Waals surface area contributed by atoms with Crippen molar-refractivity contribution in [2.45, 2.75) is 13.0 Å². The van der Waals surface area contributed by atoms with Gasteiger partial charge < -0.3 is 14.8 Å². The van der Waals surface area contributed by atoms with Crippen molar-refractivity contribution in [3.63, 3.8) is 0 Å². The van der Waals surface area contributed by atoms with Crippen LogP contribution < -0.4 is 5.32 Å². The van der Waals surface area contributed by atoms with Crippen LogP contribution in [0.5, 0.6) is 0 Å². The van der Waals surface area contributed by atoms with E-state index in [0.29, 0.717) is 5.56 Å². The molecule has 1 rings (SSSR count). The minimum atomic E-state index is -1.31. The van der Waals surface area contributed by atoms with E-state index in [2.05, 4.69) is 10.1 Å². The first-order valence-electron chi connectivity index (χ1n) is 6.72. The van der Waals surface area contributed by atoms with E-state index >= 15 is 0 Å². The van der Waals surface area contributed by atoms with E-state index in [-0.39, 0.29) is 11.5 Å². The van der Waals surface area contributed by atoms with Crippen LogP contribution in [0.25, 0.3) is 6.08 Å². The predicted octanol–water partition coefficient (Wildman–Crippen LogP) is 1.45. The number of carbonyl (C=O) groups is 3. The molecular formula is C16H18ClNO5. The van der Waals surface area contributed by atoms with Gasteiger partial charge >= 0.3 is 11.9 Å². The van der Waals surface area contributed by atoms with Gasteiger partial charge in [-0.1, -0.05) is 29.8 Å². The highest BCUT2D eigenvalue weighted by Gasteiger charge is 2.30. The minimum Gasteiger partial charge on any atom is -0.467 e. The molecule has 6 nitrogen and oxygen atoms in total. The smallest absolute Gasteiger partial charge is 0.336 e. The van der Waals surface area contributed by atoms with Crippen molar-refractivity contribution in [2.24, 2.45) is 0 Å². The average Bonchev–Trinajstić information content (AvgIpc) is 2.57. The number of carbonyl (C=O) groups excluding carboxylic acids is 3. The van der Waals surface area contributed by atoms with Gasteiger partial charge in [-0.2, -0.15) is 0 Å². The Balaban J connectivity index is 3.28. The maximum atomic E-state index is 12.0. The van der Waals surface area contributed by atoms with E-state index < -0.39 is 23.9 Å². The Morgan fingerprint density at radius 1 is 1.17 bits per heavy atom. The molecule has 0 radical (unpaired) electrons. The van der Waals surface area contributed by atoms with E-state index in [9.17, 15) is 14.4 Å². The summed E-state index contributed by atoms with van der Waals surface area (Å²) < 4.78 is 9.34. The van der Waals surface area contributed by atoms with Crippen LogP contribution in [-0.2, 0) is 23.9 Å². The molecule has 0 heterocycles. The van der Waals surface area contributed by atoms with Gasteiger partial charge in [0.2, 0.25) is 5.91 Å². The van der Waals surface area contributed by atoms with Crippen molar-refractivity contribution in [1.82, 2.24) is 5.32 Å². The lowest BCUT2D eigenvalue weighted by atomic mass is 10.0. The summed E-state index contributed by atoms with van der Waals surface area (Å²) in [6, 6.07) is 5.95. The molecule has 1 N–H and O–H groups in total. The average molecular weight is 340 g/mol. The summed E-state index contributed by atoms with van der Waals surface area (Å²) in [5, 5.41) is 2.35. The lowest BCUT2D eigenvalue weighted by molar-refractivity contribution is -0.146. The number of methoxy groups -OCH3 is 2. The summed E-state index contributed by atoms with van der Waals surface area (Å²) in [5.41, 5.74) is 1.66. The molecule has 0 saturated heterocycles. The zero-order valence-corrected chi connectivity index (χ0v) is 13.8. The Labute approximate surface area is 139 Å². The van der Waals surface area contributed by atoms with E-state index in [1.165, 1.54) is 13.2 Å². The molecule has 0 fully saturated rings. The monoisotopic (exact) mass is 339 g/mol. The molecule has 0 aliphatic carbocycles. The lowest BCUT2D eigenvalue weighted by Crippen LogP contribution is -2.45. The molecule has 0 aromatic heterocycles. The molecule has 0 bridgehead atoms. The largest absolute Gasteiger partial charge is 0.467 e. The number of benzene rings is 1. The maximum absolute atomic E-state index is 12.0. The lowest BCUT2D eigenvalue weighted by Gasteiger charge is -2.18. The number of hydrogen-bond donors (Lipinski definition) is 1. The van der Waals surface area contributed by atoms with Crippen LogP contribution in [0.4, 0.5) is 0 Å². The van der Waals surface area contributed by atoms with Gasteiger partial charge in [0.25, 0.3) is 0 Å². The van der Waals surface area contributed by atoms with E-state index in [0.717, 1.165) is 12.7 Å². The van der Waals surface area contributed by atoms with Gasteiger partial charge in [-0.25, -0.2) is 9.59 Å². The van der Waals surface area contributed by atoms with Crippen molar-refractivity contribution < 1.29 is 23.9 Å². The quantitative estimate of drug-likeness (QED) is 0.482. The molecule has 0 spiro atoms. The molecule has 0 aliphatic rings. The van der Waals surface area contributed by atoms with Crippen LogP contribution >= 0.6 is 11.6 Å². The third-order valence-corrected chi connectivity index (χ3v) is 3.24. The number of amides is 1. The zero-order valence-electron chi connectivity index (χ0n) is 13.1. The molecule has 0 saturated carbocycles. The van der Waals surface area contributed by atoms with Crippen molar-refractivity contribution in [3.05, 3.63) is 41.0 Å². The van der Waals surface area contributed by atoms with Gasteiger partial charge in [0.15, 0.2) is 6.04 Å². The highest BCUT2D eigenvalue weighted by molar-refractivity contribution is 6.27. The van der Waals surface area contributed by atoms with Gasteiger partial charge in [-0.15, -0.1) is 11.6 Å². The van der Waals surface area contributed by atoms with Crippen LogP contribution in [0.3, 0.4) is 0 Å². The highest BCUT2D eigenvalue weighted by atomic mass is 35.5. The highest BCUT2D eigenvalue weighted by Crippen LogP contribution is 2.14. The second-order valence-corrected chi connectivity index (χ2v) is 4.93.